The minimum absolute atomic E-state index is 0. The van der Waals surface area contributed by atoms with Crippen molar-refractivity contribution in [3.63, 3.8) is 0 Å². The van der Waals surface area contributed by atoms with Gasteiger partial charge in [-0.05, 0) is 0 Å². The zero-order valence-corrected chi connectivity index (χ0v) is 14.4. The van der Waals surface area contributed by atoms with Crippen LogP contribution in [0.1, 0.15) is 18.1 Å². The number of guanidine groups is 1. The quantitative estimate of drug-likeness (QED) is 0.451. The maximum Gasteiger partial charge on any atom is 0.319 e. The summed E-state index contributed by atoms with van der Waals surface area (Å²) < 4.78 is 31.0. The Labute approximate surface area is 143 Å². The fraction of sp³-hybridized carbons (Fsp3) is 0.417. The highest BCUT2D eigenvalue weighted by Gasteiger charge is 2.13. The molecule has 2 heterocycles. The van der Waals surface area contributed by atoms with E-state index in [9.17, 15) is 8.78 Å². The Hall–Kier alpha value is -1.72. The van der Waals surface area contributed by atoms with E-state index < -0.39 is 6.55 Å². The number of alkyl halides is 2. The van der Waals surface area contributed by atoms with Crippen LogP contribution in [0.25, 0.3) is 0 Å². The van der Waals surface area contributed by atoms with Gasteiger partial charge in [0.05, 0.1) is 13.1 Å². The lowest BCUT2D eigenvalue weighted by atomic mass is 10.4. The topological polar surface area (TPSA) is 71.5 Å². The van der Waals surface area contributed by atoms with E-state index in [0.29, 0.717) is 12.5 Å². The van der Waals surface area contributed by atoms with Crippen LogP contribution in [0.4, 0.5) is 8.78 Å². The zero-order valence-electron chi connectivity index (χ0n) is 12.1. The molecular weight excluding hydrogens is 409 g/mol. The van der Waals surface area contributed by atoms with E-state index in [0.717, 1.165) is 10.3 Å². The van der Waals surface area contributed by atoms with E-state index in [1.807, 2.05) is 7.05 Å². The van der Waals surface area contributed by atoms with E-state index >= 15 is 0 Å². The zero-order chi connectivity index (χ0) is 15.2. The van der Waals surface area contributed by atoms with E-state index in [4.69, 9.17) is 4.52 Å². The molecule has 0 saturated heterocycles. The summed E-state index contributed by atoms with van der Waals surface area (Å²) in [7, 11) is 3.42. The van der Waals surface area contributed by atoms with Crippen molar-refractivity contribution < 1.29 is 13.3 Å². The van der Waals surface area contributed by atoms with Gasteiger partial charge in [-0.15, -0.1) is 24.0 Å². The molecule has 0 amide bonds. The molecule has 0 aliphatic rings. The van der Waals surface area contributed by atoms with E-state index in [2.05, 4.69) is 20.4 Å². The molecule has 0 saturated carbocycles. The molecule has 0 fully saturated rings. The normalized spacial score (nSPS) is 11.4. The molecule has 2 aromatic heterocycles. The van der Waals surface area contributed by atoms with Gasteiger partial charge >= 0.3 is 6.55 Å². The van der Waals surface area contributed by atoms with Crippen LogP contribution in [0.15, 0.2) is 34.2 Å². The molecule has 0 radical (unpaired) electrons. The van der Waals surface area contributed by atoms with Crippen molar-refractivity contribution in [1.82, 2.24) is 24.9 Å². The number of hydrogen-bond acceptors (Lipinski definition) is 4. The highest BCUT2D eigenvalue weighted by Crippen LogP contribution is 2.12. The summed E-state index contributed by atoms with van der Waals surface area (Å²) in [6, 6.07) is 1.74. The number of nitrogens with zero attached hydrogens (tertiary/aromatic N) is 5. The number of halogens is 3. The van der Waals surface area contributed by atoms with Gasteiger partial charge in [0.1, 0.15) is 17.8 Å². The summed E-state index contributed by atoms with van der Waals surface area (Å²) in [6.45, 7) is -1.98. The first-order valence-electron chi connectivity index (χ1n) is 6.22. The number of aromatic nitrogens is 3. The largest absolute Gasteiger partial charge is 0.364 e. The molecule has 0 spiro atoms. The fourth-order valence-corrected chi connectivity index (χ4v) is 1.84. The summed E-state index contributed by atoms with van der Waals surface area (Å²) in [6.07, 6.45) is 4.06. The minimum Gasteiger partial charge on any atom is -0.364 e. The summed E-state index contributed by atoms with van der Waals surface area (Å²) in [5, 5.41) is 6.79. The van der Waals surface area contributed by atoms with Crippen LogP contribution in [-0.4, -0.2) is 39.7 Å². The van der Waals surface area contributed by atoms with Crippen LogP contribution < -0.4 is 5.32 Å². The molecule has 0 aliphatic carbocycles. The lowest BCUT2D eigenvalue weighted by molar-refractivity contribution is 0.0668. The van der Waals surface area contributed by atoms with Crippen molar-refractivity contribution in [3.05, 3.63) is 36.2 Å². The predicted octanol–water partition coefficient (Wildman–Crippen LogP) is 2.09. The van der Waals surface area contributed by atoms with Crippen LogP contribution in [0.3, 0.4) is 0 Å². The Morgan fingerprint density at radius 1 is 1.55 bits per heavy atom. The Bertz CT molecular complexity index is 586. The second-order valence-corrected chi connectivity index (χ2v) is 4.28. The molecule has 0 bridgehead atoms. The Kier molecular flexibility index (Phi) is 7.21. The molecule has 0 unspecified atom stereocenters. The highest BCUT2D eigenvalue weighted by molar-refractivity contribution is 14.0. The van der Waals surface area contributed by atoms with Crippen molar-refractivity contribution in [1.29, 1.82) is 0 Å². The Balaban J connectivity index is 0.00000242. The molecule has 7 nitrogen and oxygen atoms in total. The molecule has 0 aliphatic heterocycles. The van der Waals surface area contributed by atoms with Gasteiger partial charge in [-0.2, -0.15) is 8.78 Å². The van der Waals surface area contributed by atoms with Crippen molar-refractivity contribution >= 4 is 29.9 Å². The average Bonchev–Trinajstić information content (AvgIpc) is 3.10. The van der Waals surface area contributed by atoms with Gasteiger partial charge in [-0.25, -0.2) is 4.98 Å². The first-order chi connectivity index (χ1) is 10.1. The number of rotatable bonds is 5. The summed E-state index contributed by atoms with van der Waals surface area (Å²) in [5.41, 5.74) is 0.745. The van der Waals surface area contributed by atoms with Gasteiger partial charge in [-0.1, -0.05) is 5.16 Å². The third kappa shape index (κ3) is 4.64. The summed E-state index contributed by atoms with van der Waals surface area (Å²) in [5.74, 6) is 0.780. The smallest absolute Gasteiger partial charge is 0.319 e. The van der Waals surface area contributed by atoms with Gasteiger partial charge in [0, 0.05) is 32.6 Å². The summed E-state index contributed by atoms with van der Waals surface area (Å²) >= 11 is 0. The monoisotopic (exact) mass is 426 g/mol. The van der Waals surface area contributed by atoms with Crippen LogP contribution >= 0.6 is 24.0 Å². The second-order valence-electron chi connectivity index (χ2n) is 4.28. The van der Waals surface area contributed by atoms with Crippen molar-refractivity contribution in [2.24, 2.45) is 4.99 Å². The Morgan fingerprint density at radius 2 is 2.32 bits per heavy atom. The molecule has 2 aromatic rings. The van der Waals surface area contributed by atoms with Crippen LogP contribution in [-0.2, 0) is 13.1 Å². The molecule has 10 heteroatoms. The highest BCUT2D eigenvalue weighted by atomic mass is 127. The standard InChI is InChI=1S/C12H16F2N6O.HI/c1-15-12(19(2)8-9-3-6-21-18-9)17-7-10-16-4-5-20(10)11(13)14;/h3-6,11H,7-8H2,1-2H3,(H,15,17);1H. The van der Waals surface area contributed by atoms with Crippen LogP contribution in [0, 0.1) is 0 Å². The van der Waals surface area contributed by atoms with Crippen LogP contribution in [0.2, 0.25) is 0 Å². The van der Waals surface area contributed by atoms with Gasteiger partial charge in [-0.3, -0.25) is 9.56 Å². The number of imidazole rings is 1. The van der Waals surface area contributed by atoms with Crippen molar-refractivity contribution in [2.45, 2.75) is 19.6 Å². The molecule has 0 atom stereocenters. The molecule has 2 rings (SSSR count). The van der Waals surface area contributed by atoms with E-state index in [1.54, 1.807) is 18.0 Å². The average molecular weight is 426 g/mol. The minimum atomic E-state index is -2.61. The van der Waals surface area contributed by atoms with Crippen molar-refractivity contribution in [3.8, 4) is 0 Å². The molecule has 22 heavy (non-hydrogen) atoms. The van der Waals surface area contributed by atoms with Gasteiger partial charge in [0.25, 0.3) is 0 Å². The molecule has 0 aromatic carbocycles. The Morgan fingerprint density at radius 3 is 2.91 bits per heavy atom. The van der Waals surface area contributed by atoms with Gasteiger partial charge < -0.3 is 14.7 Å². The molecule has 1 N–H and O–H groups in total. The first-order valence-corrected chi connectivity index (χ1v) is 6.22. The lowest BCUT2D eigenvalue weighted by Gasteiger charge is -2.21. The maximum absolute atomic E-state index is 12.7. The predicted molar refractivity (Wildman–Crippen MR) is 87.1 cm³/mol. The number of hydrogen-bond donors (Lipinski definition) is 1. The third-order valence-corrected chi connectivity index (χ3v) is 2.83. The van der Waals surface area contributed by atoms with Gasteiger partial charge in [0.15, 0.2) is 5.96 Å². The third-order valence-electron chi connectivity index (χ3n) is 2.83. The van der Waals surface area contributed by atoms with E-state index in [-0.39, 0.29) is 36.3 Å². The summed E-state index contributed by atoms with van der Waals surface area (Å²) in [4.78, 5) is 9.79. The van der Waals surface area contributed by atoms with Crippen LogP contribution in [0.5, 0.6) is 0 Å². The maximum atomic E-state index is 12.7. The first kappa shape index (κ1) is 18.3. The SMILES string of the molecule is CN=C(NCc1nccn1C(F)F)N(C)Cc1ccon1.I. The second kappa shape index (κ2) is 8.66. The van der Waals surface area contributed by atoms with Crippen molar-refractivity contribution in [2.75, 3.05) is 14.1 Å². The lowest BCUT2D eigenvalue weighted by Crippen LogP contribution is -2.38. The number of nitrogens with one attached hydrogen (secondary N) is 1. The van der Waals surface area contributed by atoms with Gasteiger partial charge in [0.2, 0.25) is 0 Å². The number of aliphatic imine (C=N–C) groups is 1. The fourth-order valence-electron chi connectivity index (χ4n) is 1.84. The van der Waals surface area contributed by atoms with E-state index in [1.165, 1.54) is 18.7 Å². The molecule has 122 valence electrons. The molecular formula is C12H17F2IN6O.